The Kier molecular flexibility index (Phi) is 8.08. The molecule has 6 heteroatoms. The molecule has 0 amide bonds. The minimum absolute atomic E-state index is 0.215. The molecule has 6 nitrogen and oxygen atoms in total. The summed E-state index contributed by atoms with van der Waals surface area (Å²) in [6.07, 6.45) is 8.68. The van der Waals surface area contributed by atoms with Gasteiger partial charge in [0.25, 0.3) is 0 Å². The third-order valence-corrected chi connectivity index (χ3v) is 6.07. The first-order chi connectivity index (χ1) is 14.5. The lowest BCUT2D eigenvalue weighted by Gasteiger charge is -2.38. The predicted molar refractivity (Wildman–Crippen MR) is 124 cm³/mol. The topological polar surface area (TPSA) is 68.2 Å². The van der Waals surface area contributed by atoms with Crippen molar-refractivity contribution in [3.8, 4) is 0 Å². The number of allylic oxidation sites excluding steroid dienone is 2. The first-order valence-electron chi connectivity index (χ1n) is 10.9. The highest BCUT2D eigenvalue weighted by molar-refractivity contribution is 6.08. The first-order valence-corrected chi connectivity index (χ1v) is 10.9. The summed E-state index contributed by atoms with van der Waals surface area (Å²) < 4.78 is 0. The molecule has 1 aromatic carbocycles. The standard InChI is InChI=1S/C24H34N4O2/c1-19-5-6-23(16-20(19)2)28-14-12-27(13-15-28)18-21-7-10-25-9-3-4-22(24(29)30)17-26-11-8-21/h3-6,9,16-17,21,25H,7-8,10-15,18H2,1-2H3,(H,29,30)/b9-3+,22-4+,26-17?. The van der Waals surface area contributed by atoms with E-state index >= 15 is 0 Å². The van der Waals surface area contributed by atoms with Gasteiger partial charge in [0.2, 0.25) is 0 Å². The maximum absolute atomic E-state index is 11.2. The minimum Gasteiger partial charge on any atom is -0.478 e. The monoisotopic (exact) mass is 410 g/mol. The Morgan fingerprint density at radius 1 is 1.17 bits per heavy atom. The fourth-order valence-corrected chi connectivity index (χ4v) is 3.98. The van der Waals surface area contributed by atoms with Crippen LogP contribution >= 0.6 is 0 Å². The smallest absolute Gasteiger partial charge is 0.337 e. The Morgan fingerprint density at radius 3 is 2.70 bits per heavy atom. The van der Waals surface area contributed by atoms with Crippen LogP contribution in [0.5, 0.6) is 0 Å². The van der Waals surface area contributed by atoms with Gasteiger partial charge in [0, 0.05) is 57.7 Å². The molecule has 1 atom stereocenters. The molecule has 3 rings (SSSR count). The van der Waals surface area contributed by atoms with Crippen molar-refractivity contribution in [1.82, 2.24) is 10.2 Å². The Hall–Kier alpha value is -2.60. The highest BCUT2D eigenvalue weighted by Gasteiger charge is 2.20. The fraction of sp³-hybridized carbons (Fsp3) is 0.500. The summed E-state index contributed by atoms with van der Waals surface area (Å²) in [5, 5.41) is 12.5. The van der Waals surface area contributed by atoms with Crippen molar-refractivity contribution in [2.24, 2.45) is 10.9 Å². The number of piperazine rings is 1. The number of hydrogen-bond donors (Lipinski definition) is 2. The molecule has 0 radical (unpaired) electrons. The molecule has 1 unspecified atom stereocenters. The quantitative estimate of drug-likeness (QED) is 0.799. The lowest BCUT2D eigenvalue weighted by Crippen LogP contribution is -2.48. The number of nitrogens with zero attached hydrogens (tertiary/aromatic N) is 3. The van der Waals surface area contributed by atoms with Crippen LogP contribution in [0.15, 0.2) is 47.1 Å². The number of benzene rings is 1. The lowest BCUT2D eigenvalue weighted by molar-refractivity contribution is -0.132. The molecule has 0 aliphatic carbocycles. The van der Waals surface area contributed by atoms with E-state index < -0.39 is 5.97 Å². The van der Waals surface area contributed by atoms with Crippen molar-refractivity contribution in [3.63, 3.8) is 0 Å². The third-order valence-electron chi connectivity index (χ3n) is 6.07. The second-order valence-corrected chi connectivity index (χ2v) is 8.28. The number of anilines is 1. The Labute approximate surface area is 180 Å². The van der Waals surface area contributed by atoms with Crippen LogP contribution in [0.3, 0.4) is 0 Å². The van der Waals surface area contributed by atoms with Gasteiger partial charge in [0.1, 0.15) is 0 Å². The number of rotatable bonds is 4. The molecule has 1 fully saturated rings. The molecule has 2 heterocycles. The van der Waals surface area contributed by atoms with Crippen molar-refractivity contribution in [3.05, 3.63) is 53.3 Å². The first kappa shape index (κ1) is 22.1. The van der Waals surface area contributed by atoms with Crippen LogP contribution in [0.2, 0.25) is 0 Å². The average molecular weight is 411 g/mol. The van der Waals surface area contributed by atoms with Crippen LogP contribution in [0.25, 0.3) is 0 Å². The van der Waals surface area contributed by atoms with Crippen molar-refractivity contribution in [2.45, 2.75) is 26.7 Å². The van der Waals surface area contributed by atoms with Gasteiger partial charge in [-0.1, -0.05) is 6.07 Å². The van der Waals surface area contributed by atoms with Crippen LogP contribution in [0.1, 0.15) is 24.0 Å². The maximum Gasteiger partial charge on any atom is 0.337 e. The van der Waals surface area contributed by atoms with Gasteiger partial charge >= 0.3 is 5.97 Å². The molecule has 1 saturated heterocycles. The SMILES string of the molecule is Cc1ccc(N2CCN(CC3CCN=C/C(C(=O)O)=C\C=C\NCC3)CC2)cc1C. The predicted octanol–water partition coefficient (Wildman–Crippen LogP) is 3.02. The Bertz CT molecular complexity index is 807. The van der Waals surface area contributed by atoms with Crippen molar-refractivity contribution in [1.29, 1.82) is 0 Å². The van der Waals surface area contributed by atoms with E-state index in [9.17, 15) is 9.90 Å². The molecule has 1 aromatic rings. The van der Waals surface area contributed by atoms with Gasteiger partial charge in [-0.3, -0.25) is 9.89 Å². The van der Waals surface area contributed by atoms with E-state index in [-0.39, 0.29) is 5.57 Å². The van der Waals surface area contributed by atoms with E-state index in [0.717, 1.165) is 52.1 Å². The van der Waals surface area contributed by atoms with E-state index in [2.05, 4.69) is 52.2 Å². The van der Waals surface area contributed by atoms with Crippen molar-refractivity contribution >= 4 is 17.9 Å². The lowest BCUT2D eigenvalue weighted by atomic mass is 10.00. The number of carboxylic acids is 1. The zero-order chi connectivity index (χ0) is 21.3. The molecule has 2 aliphatic heterocycles. The van der Waals surface area contributed by atoms with Crippen LogP contribution in [-0.2, 0) is 4.79 Å². The molecule has 2 aliphatic rings. The number of aliphatic carboxylic acids is 1. The van der Waals surface area contributed by atoms with E-state index in [0.29, 0.717) is 12.5 Å². The summed E-state index contributed by atoms with van der Waals surface area (Å²) in [5.41, 5.74) is 4.24. The normalized spacial score (nSPS) is 24.1. The number of aryl methyl sites for hydroxylation is 2. The van der Waals surface area contributed by atoms with Gasteiger partial charge in [0.05, 0.1) is 5.57 Å². The Morgan fingerprint density at radius 2 is 1.97 bits per heavy atom. The number of carbonyl (C=O) groups is 1. The van der Waals surface area contributed by atoms with Gasteiger partial charge in [-0.15, -0.1) is 0 Å². The van der Waals surface area contributed by atoms with Gasteiger partial charge in [-0.05, 0) is 74.2 Å². The van der Waals surface area contributed by atoms with Gasteiger partial charge < -0.3 is 15.3 Å². The molecule has 0 spiro atoms. The highest BCUT2D eigenvalue weighted by Crippen LogP contribution is 2.21. The third kappa shape index (κ3) is 6.46. The fourth-order valence-electron chi connectivity index (χ4n) is 3.98. The average Bonchev–Trinajstić information content (AvgIpc) is 2.72. The van der Waals surface area contributed by atoms with Crippen LogP contribution < -0.4 is 10.2 Å². The number of aliphatic imine (C=N–C) groups is 1. The van der Waals surface area contributed by atoms with Gasteiger partial charge in [-0.25, -0.2) is 4.79 Å². The molecule has 2 N–H and O–H groups in total. The summed E-state index contributed by atoms with van der Waals surface area (Å²) >= 11 is 0. The second-order valence-electron chi connectivity index (χ2n) is 8.28. The van der Waals surface area contributed by atoms with Crippen LogP contribution in [-0.4, -0.2) is 68.0 Å². The van der Waals surface area contributed by atoms with Crippen LogP contribution in [0.4, 0.5) is 5.69 Å². The van der Waals surface area contributed by atoms with E-state index in [1.165, 1.54) is 23.0 Å². The zero-order valence-electron chi connectivity index (χ0n) is 18.2. The van der Waals surface area contributed by atoms with E-state index in [4.69, 9.17) is 0 Å². The second kappa shape index (κ2) is 11.0. The molecule has 0 aromatic heterocycles. The molecular formula is C24H34N4O2. The Balaban J connectivity index is 1.52. The summed E-state index contributed by atoms with van der Waals surface area (Å²) in [5.74, 6) is -0.397. The minimum atomic E-state index is -0.946. The van der Waals surface area contributed by atoms with Crippen LogP contribution in [0, 0.1) is 19.8 Å². The summed E-state index contributed by atoms with van der Waals surface area (Å²) in [7, 11) is 0. The van der Waals surface area contributed by atoms with Gasteiger partial charge in [0.15, 0.2) is 0 Å². The summed E-state index contributed by atoms with van der Waals surface area (Å²) in [6.45, 7) is 11.2. The van der Waals surface area contributed by atoms with Gasteiger partial charge in [-0.2, -0.15) is 0 Å². The molecule has 162 valence electrons. The summed E-state index contributed by atoms with van der Waals surface area (Å²) in [6, 6.07) is 6.76. The summed E-state index contributed by atoms with van der Waals surface area (Å²) in [4.78, 5) is 20.7. The highest BCUT2D eigenvalue weighted by atomic mass is 16.4. The molecule has 30 heavy (non-hydrogen) atoms. The number of carboxylic acid groups (broad SMARTS) is 1. The van der Waals surface area contributed by atoms with Crippen molar-refractivity contribution in [2.75, 3.05) is 50.7 Å². The molecule has 0 bridgehead atoms. The van der Waals surface area contributed by atoms with Crippen molar-refractivity contribution < 1.29 is 9.90 Å². The largest absolute Gasteiger partial charge is 0.478 e. The number of hydrogen-bond acceptors (Lipinski definition) is 5. The molecular weight excluding hydrogens is 376 g/mol. The maximum atomic E-state index is 11.2. The molecule has 0 saturated carbocycles. The zero-order valence-corrected chi connectivity index (χ0v) is 18.2. The van der Waals surface area contributed by atoms with E-state index in [1.807, 2.05) is 6.20 Å². The van der Waals surface area contributed by atoms with E-state index in [1.54, 1.807) is 12.2 Å². The number of nitrogens with one attached hydrogen (secondary N) is 1.